The number of nitrogens with one attached hydrogen (secondary N) is 2. The minimum Gasteiger partial charge on any atom is -0.361 e. The van der Waals surface area contributed by atoms with Crippen molar-refractivity contribution in [3.05, 3.63) is 93.8 Å². The molecule has 1 spiro atoms. The fourth-order valence-corrected chi connectivity index (χ4v) is 6.71. The number of carbonyl (C=O) groups is 1. The topological polar surface area (TPSA) is 71.7 Å². The summed E-state index contributed by atoms with van der Waals surface area (Å²) in [7, 11) is 0. The predicted octanol–water partition coefficient (Wildman–Crippen LogP) is 4.52. The Morgan fingerprint density at radius 3 is 2.58 bits per heavy atom. The van der Waals surface area contributed by atoms with E-state index in [4.69, 9.17) is 0 Å². The minimum absolute atomic E-state index is 0.00466. The molecule has 2 aromatic carbocycles. The van der Waals surface area contributed by atoms with Crippen LogP contribution in [0.3, 0.4) is 0 Å². The monoisotopic (exact) mass is 547 g/mol. The van der Waals surface area contributed by atoms with E-state index in [1.807, 2.05) is 41.4 Å². The van der Waals surface area contributed by atoms with Crippen LogP contribution in [-0.2, 0) is 6.54 Å². The molecule has 210 valence electrons. The normalized spacial score (nSPS) is 21.2. The summed E-state index contributed by atoms with van der Waals surface area (Å²) in [6.45, 7) is 3.66. The van der Waals surface area contributed by atoms with Gasteiger partial charge in [0.1, 0.15) is 11.6 Å². The van der Waals surface area contributed by atoms with Crippen molar-refractivity contribution in [3.8, 4) is 11.3 Å². The molecule has 6 rings (SSSR count). The van der Waals surface area contributed by atoms with Gasteiger partial charge in [-0.25, -0.2) is 13.6 Å². The Hall–Kier alpha value is -3.56. The van der Waals surface area contributed by atoms with Gasteiger partial charge in [0.15, 0.2) is 5.43 Å². The third-order valence-corrected chi connectivity index (χ3v) is 8.85. The number of H-pyrrole nitrogens is 1. The third-order valence-electron chi connectivity index (χ3n) is 8.85. The molecule has 2 amide bonds. The molecular weight excluding hydrogens is 512 g/mol. The van der Waals surface area contributed by atoms with Gasteiger partial charge in [-0.15, -0.1) is 0 Å². The second-order valence-corrected chi connectivity index (χ2v) is 11.2. The number of rotatable bonds is 4. The molecule has 2 saturated heterocycles. The lowest BCUT2D eigenvalue weighted by Crippen LogP contribution is -2.64. The van der Waals surface area contributed by atoms with Gasteiger partial charge in [-0.05, 0) is 36.6 Å². The molecule has 1 saturated carbocycles. The van der Waals surface area contributed by atoms with Crippen LogP contribution in [0.1, 0.15) is 42.9 Å². The average Bonchev–Trinajstić information content (AvgIpc) is 3.45. The van der Waals surface area contributed by atoms with E-state index in [-0.39, 0.29) is 22.6 Å². The molecule has 3 heterocycles. The van der Waals surface area contributed by atoms with Gasteiger partial charge in [0, 0.05) is 80.4 Å². The number of hydrogen-bond acceptors (Lipinski definition) is 4. The highest BCUT2D eigenvalue weighted by molar-refractivity contribution is 5.75. The third kappa shape index (κ3) is 5.15. The quantitative estimate of drug-likeness (QED) is 0.504. The molecule has 3 aromatic rings. The summed E-state index contributed by atoms with van der Waals surface area (Å²) in [6, 6.07) is 14.2. The molecule has 40 heavy (non-hydrogen) atoms. The van der Waals surface area contributed by atoms with Crippen molar-refractivity contribution in [1.82, 2.24) is 25.0 Å². The van der Waals surface area contributed by atoms with Crippen LogP contribution in [-0.4, -0.2) is 70.5 Å². The molecule has 7 nitrogen and oxygen atoms in total. The van der Waals surface area contributed by atoms with Crippen LogP contribution in [0.5, 0.6) is 0 Å². The fraction of sp³-hybridized carbons (Fsp3) is 0.419. The zero-order valence-corrected chi connectivity index (χ0v) is 22.5. The van der Waals surface area contributed by atoms with E-state index in [9.17, 15) is 18.4 Å². The van der Waals surface area contributed by atoms with Crippen molar-refractivity contribution in [2.24, 2.45) is 0 Å². The largest absolute Gasteiger partial charge is 0.361 e. The maximum Gasteiger partial charge on any atom is 0.320 e. The standard InChI is InChI=1S/C31H35F2N5O2/c32-24-8-9-26(33)25(16-24)28-19-34-12-13-38(28)30(40)36-14-15-37(31(21-36)10-4-5-11-31)20-23-18-35-27(17-29(23)39)22-6-2-1-3-7-22/h1-3,6-9,16-18,28,34H,4-5,10-15,19-21H2,(H,35,39)/t28-/m0/s1. The first kappa shape index (κ1) is 26.7. The second kappa shape index (κ2) is 11.1. The molecule has 1 aliphatic carbocycles. The van der Waals surface area contributed by atoms with Gasteiger partial charge in [0.05, 0.1) is 6.04 Å². The number of piperazine rings is 2. The Morgan fingerprint density at radius 1 is 1.00 bits per heavy atom. The second-order valence-electron chi connectivity index (χ2n) is 11.2. The van der Waals surface area contributed by atoms with Crippen molar-refractivity contribution < 1.29 is 13.6 Å². The maximum absolute atomic E-state index is 14.7. The van der Waals surface area contributed by atoms with E-state index >= 15 is 0 Å². The SMILES string of the molecule is O=C(N1CCN(Cc2c[nH]c(-c3ccccc3)cc2=O)C2(CCCC2)C1)N1CCNC[C@H]1c1cc(F)ccc1F. The summed E-state index contributed by atoms with van der Waals surface area (Å²) in [6.07, 6.45) is 5.89. The van der Waals surface area contributed by atoms with Crippen molar-refractivity contribution >= 4 is 6.03 Å². The lowest BCUT2D eigenvalue weighted by Gasteiger charge is -2.51. The molecule has 0 radical (unpaired) electrons. The van der Waals surface area contributed by atoms with Crippen LogP contribution in [0.15, 0.2) is 65.6 Å². The molecule has 1 atom stereocenters. The summed E-state index contributed by atoms with van der Waals surface area (Å²) in [5.74, 6) is -1.02. The van der Waals surface area contributed by atoms with E-state index in [2.05, 4.69) is 15.2 Å². The van der Waals surface area contributed by atoms with Gasteiger partial charge in [0.25, 0.3) is 0 Å². The van der Waals surface area contributed by atoms with Gasteiger partial charge < -0.3 is 20.1 Å². The minimum atomic E-state index is -0.573. The molecule has 9 heteroatoms. The summed E-state index contributed by atoms with van der Waals surface area (Å²) < 4.78 is 28.7. The van der Waals surface area contributed by atoms with Gasteiger partial charge in [-0.2, -0.15) is 0 Å². The number of carbonyl (C=O) groups excluding carboxylic acids is 1. The number of halogens is 2. The van der Waals surface area contributed by atoms with E-state index in [0.29, 0.717) is 45.8 Å². The zero-order valence-electron chi connectivity index (χ0n) is 22.5. The van der Waals surface area contributed by atoms with Crippen LogP contribution < -0.4 is 10.7 Å². The fourth-order valence-electron chi connectivity index (χ4n) is 6.71. The summed E-state index contributed by atoms with van der Waals surface area (Å²) >= 11 is 0. The molecule has 1 aromatic heterocycles. The zero-order chi connectivity index (χ0) is 27.7. The van der Waals surface area contributed by atoms with Crippen LogP contribution in [0.4, 0.5) is 13.6 Å². The van der Waals surface area contributed by atoms with Gasteiger partial charge in [-0.3, -0.25) is 9.69 Å². The lowest BCUT2D eigenvalue weighted by molar-refractivity contribution is -0.000830. The highest BCUT2D eigenvalue weighted by Crippen LogP contribution is 2.39. The number of aromatic nitrogens is 1. The number of hydrogen-bond donors (Lipinski definition) is 2. The van der Waals surface area contributed by atoms with E-state index in [1.165, 1.54) is 6.07 Å². The number of amides is 2. The van der Waals surface area contributed by atoms with Gasteiger partial charge >= 0.3 is 6.03 Å². The first-order valence-corrected chi connectivity index (χ1v) is 14.2. The van der Waals surface area contributed by atoms with E-state index in [1.54, 1.807) is 11.0 Å². The Balaban J connectivity index is 1.20. The van der Waals surface area contributed by atoms with Crippen LogP contribution >= 0.6 is 0 Å². The smallest absolute Gasteiger partial charge is 0.320 e. The molecule has 0 unspecified atom stereocenters. The van der Waals surface area contributed by atoms with Crippen LogP contribution in [0, 0.1) is 11.6 Å². The maximum atomic E-state index is 14.7. The van der Waals surface area contributed by atoms with Crippen LogP contribution in [0.2, 0.25) is 0 Å². The van der Waals surface area contributed by atoms with Crippen molar-refractivity contribution in [1.29, 1.82) is 0 Å². The molecule has 2 aliphatic heterocycles. The summed E-state index contributed by atoms with van der Waals surface area (Å²) in [5.41, 5.74) is 2.48. The van der Waals surface area contributed by atoms with Crippen molar-refractivity contribution in [3.63, 3.8) is 0 Å². The van der Waals surface area contributed by atoms with Gasteiger partial charge in [0.2, 0.25) is 0 Å². The number of pyridine rings is 1. The van der Waals surface area contributed by atoms with Crippen molar-refractivity contribution in [2.75, 3.05) is 39.3 Å². The Morgan fingerprint density at radius 2 is 1.80 bits per heavy atom. The number of nitrogens with zero attached hydrogens (tertiary/aromatic N) is 3. The molecule has 2 N–H and O–H groups in total. The average molecular weight is 548 g/mol. The highest BCUT2D eigenvalue weighted by atomic mass is 19.1. The number of urea groups is 1. The van der Waals surface area contributed by atoms with E-state index in [0.717, 1.165) is 54.6 Å². The summed E-state index contributed by atoms with van der Waals surface area (Å²) in [4.78, 5) is 36.3. The first-order valence-electron chi connectivity index (χ1n) is 14.2. The van der Waals surface area contributed by atoms with Gasteiger partial charge in [-0.1, -0.05) is 43.2 Å². The number of aromatic amines is 1. The first-order chi connectivity index (χ1) is 19.4. The molecule has 3 fully saturated rings. The predicted molar refractivity (Wildman–Crippen MR) is 150 cm³/mol. The van der Waals surface area contributed by atoms with Crippen molar-refractivity contribution in [2.45, 2.75) is 43.8 Å². The molecule has 3 aliphatic rings. The van der Waals surface area contributed by atoms with Crippen LogP contribution in [0.25, 0.3) is 11.3 Å². The summed E-state index contributed by atoms with van der Waals surface area (Å²) in [5, 5.41) is 3.23. The Labute approximate surface area is 232 Å². The van der Waals surface area contributed by atoms with E-state index < -0.39 is 17.7 Å². The molecule has 0 bridgehead atoms. The Kier molecular flexibility index (Phi) is 7.42. The highest BCUT2D eigenvalue weighted by Gasteiger charge is 2.46. The number of benzene rings is 2. The lowest BCUT2D eigenvalue weighted by atomic mass is 9.91. The molecular formula is C31H35F2N5O2. The Bertz CT molecular complexity index is 1420.